The molecular weight excluding hydrogens is 417 g/mol. The Kier molecular flexibility index (Phi) is 7.72. The van der Waals surface area contributed by atoms with Crippen molar-refractivity contribution in [2.75, 3.05) is 5.32 Å². The van der Waals surface area contributed by atoms with Crippen LogP contribution in [0.1, 0.15) is 21.5 Å². The zero-order valence-corrected chi connectivity index (χ0v) is 19.6. The molecule has 0 aliphatic carbocycles. The third-order valence-corrected chi connectivity index (χ3v) is 5.82. The molecule has 0 atom stereocenters. The molecule has 0 aliphatic heterocycles. The van der Waals surface area contributed by atoms with Crippen molar-refractivity contribution < 1.29 is 39.5 Å². The Labute approximate surface area is 206 Å². The van der Waals surface area contributed by atoms with Gasteiger partial charge in [0.15, 0.2) is 0 Å². The van der Waals surface area contributed by atoms with Gasteiger partial charge < -0.3 is 15.2 Å². The summed E-state index contributed by atoms with van der Waals surface area (Å²) in [6.07, 6.45) is 3.51. The molecule has 0 fully saturated rings. The number of aromatic nitrogens is 1. The van der Waals surface area contributed by atoms with Crippen molar-refractivity contribution >= 4 is 39.9 Å². The zero-order valence-electron chi connectivity index (χ0n) is 16.8. The molecule has 4 rings (SSSR count). The van der Waals surface area contributed by atoms with Crippen molar-refractivity contribution in [2.45, 2.75) is 10.6 Å². The van der Waals surface area contributed by atoms with Crippen LogP contribution in [0.2, 0.25) is 0 Å². The maximum Gasteiger partial charge on any atom is 1.00 e. The van der Waals surface area contributed by atoms with Gasteiger partial charge in [0.1, 0.15) is 0 Å². The van der Waals surface area contributed by atoms with Gasteiger partial charge in [0.05, 0.1) is 29.5 Å². The second-order valence-electron chi connectivity index (χ2n) is 6.59. The summed E-state index contributed by atoms with van der Waals surface area (Å²) in [7, 11) is 0. The van der Waals surface area contributed by atoms with Crippen LogP contribution in [-0.2, 0) is 5.75 Å². The fourth-order valence-corrected chi connectivity index (χ4v) is 4.08. The van der Waals surface area contributed by atoms with Crippen molar-refractivity contribution in [1.82, 2.24) is 4.98 Å². The van der Waals surface area contributed by atoms with Crippen LogP contribution in [0.15, 0.2) is 84.0 Å². The van der Waals surface area contributed by atoms with Crippen LogP contribution in [-0.4, -0.2) is 11.0 Å². The Morgan fingerprint density at radius 1 is 1.00 bits per heavy atom. The summed E-state index contributed by atoms with van der Waals surface area (Å²) in [5.74, 6) is -0.496. The van der Waals surface area contributed by atoms with E-state index in [2.05, 4.69) is 16.4 Å². The van der Waals surface area contributed by atoms with Gasteiger partial charge in [-0.05, 0) is 29.3 Å². The summed E-state index contributed by atoms with van der Waals surface area (Å²) in [4.78, 5) is 16.2. The summed E-state index contributed by atoms with van der Waals surface area (Å²) in [5.41, 5.74) is 3.58. The van der Waals surface area contributed by atoms with Crippen LogP contribution in [0.4, 0.5) is 11.4 Å². The number of carboxylic acids is 1. The fraction of sp³-hybridized carbons (Fsp3) is 0.0417. The van der Waals surface area contributed by atoms with Gasteiger partial charge in [-0.1, -0.05) is 48.5 Å². The van der Waals surface area contributed by atoms with Crippen molar-refractivity contribution in [2.24, 2.45) is 0 Å². The SMILES string of the molecule is N#Cc1ccc(Nc2cnccc2SCc2ccc(C(=O)[O-])cc2)c2ccccc12.[Na+]. The molecule has 5 nitrogen and oxygen atoms in total. The summed E-state index contributed by atoms with van der Waals surface area (Å²) in [6, 6.07) is 22.4. The number of aromatic carboxylic acids is 1. The van der Waals surface area contributed by atoms with E-state index in [1.54, 1.807) is 48.4 Å². The molecule has 0 saturated heterocycles. The minimum Gasteiger partial charge on any atom is -0.545 e. The molecule has 3 aromatic carbocycles. The molecular formula is C24H16N3NaO2S. The molecule has 146 valence electrons. The molecule has 0 amide bonds. The Bertz CT molecular complexity index is 1270. The summed E-state index contributed by atoms with van der Waals surface area (Å²) in [6.45, 7) is 0. The number of benzene rings is 3. The summed E-state index contributed by atoms with van der Waals surface area (Å²) >= 11 is 1.63. The number of nitrogens with one attached hydrogen (secondary N) is 1. The van der Waals surface area contributed by atoms with Crippen LogP contribution in [0.25, 0.3) is 10.8 Å². The number of hydrogen-bond donors (Lipinski definition) is 1. The van der Waals surface area contributed by atoms with E-state index in [-0.39, 0.29) is 35.1 Å². The van der Waals surface area contributed by atoms with Gasteiger partial charge in [-0.2, -0.15) is 5.26 Å². The summed E-state index contributed by atoms with van der Waals surface area (Å²) < 4.78 is 0. The Morgan fingerprint density at radius 3 is 2.45 bits per heavy atom. The minimum atomic E-state index is -1.18. The van der Waals surface area contributed by atoms with E-state index in [1.807, 2.05) is 42.5 Å². The molecule has 31 heavy (non-hydrogen) atoms. The largest absolute Gasteiger partial charge is 1.00 e. The number of anilines is 2. The monoisotopic (exact) mass is 433 g/mol. The number of hydrogen-bond acceptors (Lipinski definition) is 6. The van der Waals surface area contributed by atoms with Gasteiger partial charge in [-0.3, -0.25) is 4.98 Å². The number of nitriles is 1. The van der Waals surface area contributed by atoms with Crippen LogP contribution in [0.5, 0.6) is 0 Å². The molecule has 0 spiro atoms. The van der Waals surface area contributed by atoms with Crippen molar-refractivity contribution in [3.63, 3.8) is 0 Å². The third kappa shape index (κ3) is 5.27. The fourth-order valence-electron chi connectivity index (χ4n) is 3.15. The molecule has 0 unspecified atom stereocenters. The van der Waals surface area contributed by atoms with E-state index in [9.17, 15) is 15.2 Å². The van der Waals surface area contributed by atoms with Crippen LogP contribution in [0.3, 0.4) is 0 Å². The normalized spacial score (nSPS) is 10.2. The van der Waals surface area contributed by atoms with E-state index in [0.29, 0.717) is 11.3 Å². The van der Waals surface area contributed by atoms with Gasteiger partial charge in [0.2, 0.25) is 0 Å². The van der Waals surface area contributed by atoms with E-state index >= 15 is 0 Å². The number of nitrogens with zero attached hydrogens (tertiary/aromatic N) is 2. The summed E-state index contributed by atoms with van der Waals surface area (Å²) in [5, 5.41) is 25.6. The third-order valence-electron chi connectivity index (χ3n) is 4.68. The van der Waals surface area contributed by atoms with Gasteiger partial charge in [-0.25, -0.2) is 0 Å². The van der Waals surface area contributed by atoms with Gasteiger partial charge in [-0.15, -0.1) is 11.8 Å². The maximum atomic E-state index is 10.9. The quantitative estimate of drug-likeness (QED) is 0.366. The van der Waals surface area contributed by atoms with Crippen LogP contribution >= 0.6 is 11.8 Å². The first kappa shape index (κ1) is 22.9. The first-order valence-corrected chi connectivity index (χ1v) is 10.2. The zero-order chi connectivity index (χ0) is 20.9. The van der Waals surface area contributed by atoms with E-state index in [1.165, 1.54) is 0 Å². The molecule has 1 aromatic heterocycles. The van der Waals surface area contributed by atoms with Crippen LogP contribution in [0, 0.1) is 11.3 Å². The smallest absolute Gasteiger partial charge is 0.545 e. The van der Waals surface area contributed by atoms with Gasteiger partial charge in [0, 0.05) is 33.3 Å². The molecule has 1 heterocycles. The van der Waals surface area contributed by atoms with Crippen molar-refractivity contribution in [1.29, 1.82) is 5.26 Å². The van der Waals surface area contributed by atoms with E-state index < -0.39 is 5.97 Å². The molecule has 0 radical (unpaired) electrons. The number of thioether (sulfide) groups is 1. The standard InChI is InChI=1S/C24H17N3O2S.Na/c25-13-18-9-10-21(20-4-2-1-3-19(18)20)27-22-14-26-12-11-23(22)30-15-16-5-7-17(8-6-16)24(28)29;/h1-12,14,27H,15H2,(H,28,29);/q;+1/p-1. The average molecular weight is 433 g/mol. The molecule has 7 heteroatoms. The first-order valence-electron chi connectivity index (χ1n) is 9.21. The Balaban J connectivity index is 0.00000272. The molecule has 4 aromatic rings. The number of pyridine rings is 1. The topological polar surface area (TPSA) is 88.8 Å². The number of carbonyl (C=O) groups excluding carboxylic acids is 1. The molecule has 1 N–H and O–H groups in total. The average Bonchev–Trinajstić information content (AvgIpc) is 2.79. The second kappa shape index (κ2) is 10.5. The Morgan fingerprint density at radius 2 is 1.74 bits per heavy atom. The van der Waals surface area contributed by atoms with Crippen molar-refractivity contribution in [3.05, 3.63) is 95.8 Å². The van der Waals surface area contributed by atoms with Crippen molar-refractivity contribution in [3.8, 4) is 6.07 Å². The number of carboxylic acid groups (broad SMARTS) is 1. The molecule has 0 saturated carbocycles. The number of fused-ring (bicyclic) bond motifs is 1. The number of carbonyl (C=O) groups is 1. The predicted octanol–water partition coefficient (Wildman–Crippen LogP) is 1.51. The van der Waals surface area contributed by atoms with E-state index in [4.69, 9.17) is 0 Å². The molecule has 0 aliphatic rings. The first-order chi connectivity index (χ1) is 14.7. The predicted molar refractivity (Wildman–Crippen MR) is 117 cm³/mol. The molecule has 0 bridgehead atoms. The van der Waals surface area contributed by atoms with Gasteiger partial charge >= 0.3 is 29.6 Å². The van der Waals surface area contributed by atoms with Crippen LogP contribution < -0.4 is 40.0 Å². The van der Waals surface area contributed by atoms with E-state index in [0.717, 1.165) is 32.6 Å². The second-order valence-corrected chi connectivity index (χ2v) is 7.61. The minimum absolute atomic E-state index is 0. The van der Waals surface area contributed by atoms with Gasteiger partial charge in [0.25, 0.3) is 0 Å². The maximum absolute atomic E-state index is 10.9. The number of rotatable bonds is 6. The Hall–Kier alpha value is -2.82.